The van der Waals surface area contributed by atoms with E-state index >= 15 is 0 Å². The van der Waals surface area contributed by atoms with Crippen molar-refractivity contribution in [2.45, 2.75) is 174 Å². The van der Waals surface area contributed by atoms with Gasteiger partial charge in [0.2, 0.25) is 0 Å². The third-order valence-corrected chi connectivity index (χ3v) is 8.03. The molecule has 0 aliphatic carbocycles. The molecule has 0 aliphatic rings. The van der Waals surface area contributed by atoms with Gasteiger partial charge in [-0.3, -0.25) is 9.59 Å². The molecule has 2 unspecified atom stereocenters. The van der Waals surface area contributed by atoms with E-state index in [-0.39, 0.29) is 25.2 Å². The lowest BCUT2D eigenvalue weighted by molar-refractivity contribution is -0.152. The van der Waals surface area contributed by atoms with E-state index in [0.717, 1.165) is 76.5 Å². The summed E-state index contributed by atoms with van der Waals surface area (Å²) in [7, 11) is 0. The molecule has 0 aromatic heterocycles. The van der Waals surface area contributed by atoms with Crippen LogP contribution in [0.2, 0.25) is 0 Å². The van der Waals surface area contributed by atoms with E-state index in [1.54, 1.807) is 0 Å². The number of rotatable bonds is 31. The molecule has 0 aliphatic heterocycles. The van der Waals surface area contributed by atoms with Gasteiger partial charge in [-0.15, -0.1) is 0 Å². The number of aliphatic hydroxyl groups excluding tert-OH is 2. The Kier molecular flexibility index (Phi) is 31.1. The topological polar surface area (TPSA) is 93.1 Å². The summed E-state index contributed by atoms with van der Waals surface area (Å²) in [4.78, 5) is 23.9. The van der Waals surface area contributed by atoms with Crippen LogP contribution in [-0.2, 0) is 19.1 Å². The first-order valence-corrected chi connectivity index (χ1v) is 18.0. The predicted molar refractivity (Wildman–Crippen MR) is 183 cm³/mol. The van der Waals surface area contributed by atoms with Crippen LogP contribution in [0, 0.1) is 5.92 Å². The fourth-order valence-electron chi connectivity index (χ4n) is 4.89. The maximum Gasteiger partial charge on any atom is 0.305 e. The lowest BCUT2D eigenvalue weighted by atomic mass is 9.99. The fourth-order valence-corrected chi connectivity index (χ4v) is 4.89. The molecular formula is C38H68O6. The van der Waals surface area contributed by atoms with Crippen LogP contribution in [-0.4, -0.2) is 47.6 Å². The number of unbranched alkanes of at least 4 members (excludes halogenated alkanes) is 13. The highest BCUT2D eigenvalue weighted by atomic mass is 16.6. The first-order chi connectivity index (χ1) is 21.4. The van der Waals surface area contributed by atoms with Crippen molar-refractivity contribution in [3.8, 4) is 0 Å². The Bertz CT molecular complexity index is 744. The standard InChI is InChI=1S/C38H68O6/c1-4-6-7-8-13-18-23-28-35(39)29-24-19-16-21-26-31-38(42)44-33-36(40)32-43-37(41)30-25-20-15-12-10-9-11-14-17-22-27-34(3)5-2/h6-7,13,18,23,28,34-36,39-40H,4-5,8-12,14-17,19-22,24-27,29-33H2,1-3H3/b7-6+,18-13+,28-23+/t34?,35?,36-/m0/s1. The summed E-state index contributed by atoms with van der Waals surface area (Å²) in [5.74, 6) is 0.232. The third kappa shape index (κ3) is 31.5. The summed E-state index contributed by atoms with van der Waals surface area (Å²) >= 11 is 0. The van der Waals surface area contributed by atoms with Gasteiger partial charge in [-0.1, -0.05) is 154 Å². The van der Waals surface area contributed by atoms with Crippen molar-refractivity contribution in [2.24, 2.45) is 5.92 Å². The van der Waals surface area contributed by atoms with Gasteiger partial charge in [0.05, 0.1) is 6.10 Å². The Morgan fingerprint density at radius 3 is 1.59 bits per heavy atom. The van der Waals surface area contributed by atoms with Crippen molar-refractivity contribution < 1.29 is 29.3 Å². The van der Waals surface area contributed by atoms with Crippen LogP contribution in [0.15, 0.2) is 36.5 Å². The molecule has 0 aromatic rings. The van der Waals surface area contributed by atoms with Gasteiger partial charge < -0.3 is 19.7 Å². The Morgan fingerprint density at radius 1 is 0.614 bits per heavy atom. The van der Waals surface area contributed by atoms with E-state index in [1.165, 1.54) is 57.8 Å². The number of hydrogen-bond acceptors (Lipinski definition) is 6. The number of hydrogen-bond donors (Lipinski definition) is 2. The second kappa shape index (κ2) is 32.5. The van der Waals surface area contributed by atoms with Crippen LogP contribution in [0.25, 0.3) is 0 Å². The molecule has 256 valence electrons. The monoisotopic (exact) mass is 621 g/mol. The van der Waals surface area contributed by atoms with Crippen LogP contribution < -0.4 is 0 Å². The van der Waals surface area contributed by atoms with E-state index in [4.69, 9.17) is 9.47 Å². The quantitative estimate of drug-likeness (QED) is 0.0347. The molecule has 6 nitrogen and oxygen atoms in total. The van der Waals surface area contributed by atoms with E-state index in [1.807, 2.05) is 18.2 Å². The molecule has 0 rings (SSSR count). The molecule has 3 atom stereocenters. The van der Waals surface area contributed by atoms with Crippen LogP contribution >= 0.6 is 0 Å². The highest BCUT2D eigenvalue weighted by Gasteiger charge is 2.12. The molecule has 0 saturated heterocycles. The molecule has 0 amide bonds. The average Bonchev–Trinajstić information content (AvgIpc) is 3.02. The minimum atomic E-state index is -0.994. The molecule has 0 heterocycles. The van der Waals surface area contributed by atoms with E-state index < -0.39 is 12.2 Å². The maximum atomic E-state index is 11.9. The van der Waals surface area contributed by atoms with Crippen molar-refractivity contribution >= 4 is 11.9 Å². The second-order valence-electron chi connectivity index (χ2n) is 12.4. The first kappa shape index (κ1) is 42.1. The summed E-state index contributed by atoms with van der Waals surface area (Å²) in [5.41, 5.74) is 0. The number of carbonyl (C=O) groups excluding carboxylic acids is 2. The zero-order valence-corrected chi connectivity index (χ0v) is 28.7. The number of ether oxygens (including phenoxy) is 2. The SMILES string of the molecule is CC/C=C/C/C=C/C=C/C(O)CCCCCCCC(=O)OC[C@@H](O)COC(=O)CCCCCCCCCCCCC(C)CC. The smallest absolute Gasteiger partial charge is 0.305 e. The van der Waals surface area contributed by atoms with Gasteiger partial charge >= 0.3 is 11.9 Å². The third-order valence-electron chi connectivity index (χ3n) is 8.03. The van der Waals surface area contributed by atoms with Gasteiger partial charge in [-0.05, 0) is 38.0 Å². The minimum Gasteiger partial charge on any atom is -0.463 e. The molecule has 0 bridgehead atoms. The molecule has 6 heteroatoms. The van der Waals surface area contributed by atoms with Crippen LogP contribution in [0.4, 0.5) is 0 Å². The lowest BCUT2D eigenvalue weighted by Gasteiger charge is -2.12. The van der Waals surface area contributed by atoms with Crippen molar-refractivity contribution in [1.82, 2.24) is 0 Å². The zero-order valence-electron chi connectivity index (χ0n) is 28.7. The number of allylic oxidation sites excluding steroid dienone is 5. The summed E-state index contributed by atoms with van der Waals surface area (Å²) in [5, 5.41) is 20.0. The largest absolute Gasteiger partial charge is 0.463 e. The Hall–Kier alpha value is -1.92. The van der Waals surface area contributed by atoms with Crippen molar-refractivity contribution in [3.63, 3.8) is 0 Å². The number of esters is 2. The molecular weight excluding hydrogens is 552 g/mol. The van der Waals surface area contributed by atoms with Gasteiger partial charge in [-0.25, -0.2) is 0 Å². The average molecular weight is 621 g/mol. The molecule has 0 saturated carbocycles. The molecule has 0 aromatic carbocycles. The highest BCUT2D eigenvalue weighted by molar-refractivity contribution is 5.69. The molecule has 2 N–H and O–H groups in total. The highest BCUT2D eigenvalue weighted by Crippen LogP contribution is 2.16. The Morgan fingerprint density at radius 2 is 1.09 bits per heavy atom. The zero-order chi connectivity index (χ0) is 32.5. The number of carbonyl (C=O) groups is 2. The fraction of sp³-hybridized carbons (Fsp3) is 0.789. The van der Waals surface area contributed by atoms with Crippen molar-refractivity contribution in [2.75, 3.05) is 13.2 Å². The second-order valence-corrected chi connectivity index (χ2v) is 12.4. The normalized spacial score (nSPS) is 14.0. The van der Waals surface area contributed by atoms with E-state index in [9.17, 15) is 19.8 Å². The summed E-state index contributed by atoms with van der Waals surface area (Å²) in [6.45, 7) is 6.44. The van der Waals surface area contributed by atoms with Gasteiger partial charge in [0.15, 0.2) is 0 Å². The van der Waals surface area contributed by atoms with Gasteiger partial charge in [0, 0.05) is 12.8 Å². The van der Waals surface area contributed by atoms with Gasteiger partial charge in [0.1, 0.15) is 19.3 Å². The molecule has 0 spiro atoms. The first-order valence-electron chi connectivity index (χ1n) is 18.0. The molecule has 0 fully saturated rings. The molecule has 0 radical (unpaired) electrons. The van der Waals surface area contributed by atoms with E-state index in [2.05, 4.69) is 39.0 Å². The Labute approximate surface area is 270 Å². The summed E-state index contributed by atoms with van der Waals surface area (Å²) in [6.07, 6.45) is 33.5. The van der Waals surface area contributed by atoms with Crippen LogP contribution in [0.5, 0.6) is 0 Å². The number of aliphatic hydroxyl groups is 2. The minimum absolute atomic E-state index is 0.142. The van der Waals surface area contributed by atoms with Crippen LogP contribution in [0.3, 0.4) is 0 Å². The summed E-state index contributed by atoms with van der Waals surface area (Å²) < 4.78 is 10.3. The lowest BCUT2D eigenvalue weighted by Crippen LogP contribution is -2.25. The van der Waals surface area contributed by atoms with E-state index in [0.29, 0.717) is 12.8 Å². The molecule has 44 heavy (non-hydrogen) atoms. The Balaban J connectivity index is 3.55. The van der Waals surface area contributed by atoms with Crippen molar-refractivity contribution in [3.05, 3.63) is 36.5 Å². The van der Waals surface area contributed by atoms with Crippen LogP contribution in [0.1, 0.15) is 162 Å². The van der Waals surface area contributed by atoms with Gasteiger partial charge in [-0.2, -0.15) is 0 Å². The van der Waals surface area contributed by atoms with Crippen molar-refractivity contribution in [1.29, 1.82) is 0 Å². The van der Waals surface area contributed by atoms with Gasteiger partial charge in [0.25, 0.3) is 0 Å². The predicted octanol–water partition coefficient (Wildman–Crippen LogP) is 9.72. The maximum absolute atomic E-state index is 11.9. The summed E-state index contributed by atoms with van der Waals surface area (Å²) in [6, 6.07) is 0.